The van der Waals surface area contributed by atoms with Crippen LogP contribution in [0.2, 0.25) is 0 Å². The Labute approximate surface area is 75.5 Å². The lowest BCUT2D eigenvalue weighted by Crippen LogP contribution is -2.16. The van der Waals surface area contributed by atoms with Gasteiger partial charge in [0.2, 0.25) is 0 Å². The molecule has 1 heterocycles. The van der Waals surface area contributed by atoms with Gasteiger partial charge in [-0.15, -0.1) is 0 Å². The van der Waals surface area contributed by atoms with Gasteiger partial charge in [0.1, 0.15) is 5.69 Å². The van der Waals surface area contributed by atoms with E-state index >= 15 is 0 Å². The van der Waals surface area contributed by atoms with Crippen LogP contribution >= 0.6 is 0 Å². The molecular formula is C9H11NO3. The van der Waals surface area contributed by atoms with E-state index in [9.17, 15) is 9.59 Å². The first-order valence-corrected chi connectivity index (χ1v) is 3.99. The van der Waals surface area contributed by atoms with Gasteiger partial charge in [0, 0.05) is 5.56 Å². The topological polar surface area (TPSA) is 59.2 Å². The number of aromatic nitrogens is 1. The average molecular weight is 181 g/mol. The molecule has 0 amide bonds. The molecule has 0 aliphatic heterocycles. The van der Waals surface area contributed by atoms with E-state index in [1.807, 2.05) is 6.92 Å². The van der Waals surface area contributed by atoms with Crippen molar-refractivity contribution in [3.05, 3.63) is 33.7 Å². The monoisotopic (exact) mass is 181 g/mol. The van der Waals surface area contributed by atoms with E-state index in [-0.39, 0.29) is 11.3 Å². The van der Waals surface area contributed by atoms with Gasteiger partial charge in [-0.3, -0.25) is 4.79 Å². The van der Waals surface area contributed by atoms with Gasteiger partial charge in [0.05, 0.1) is 7.11 Å². The fourth-order valence-electron chi connectivity index (χ4n) is 1.01. The van der Waals surface area contributed by atoms with Gasteiger partial charge in [0.25, 0.3) is 5.56 Å². The third kappa shape index (κ3) is 1.96. The fraction of sp³-hybridized carbons (Fsp3) is 0.333. The molecule has 13 heavy (non-hydrogen) atoms. The van der Waals surface area contributed by atoms with Gasteiger partial charge < -0.3 is 9.72 Å². The van der Waals surface area contributed by atoms with Crippen molar-refractivity contribution in [2.75, 3.05) is 7.11 Å². The van der Waals surface area contributed by atoms with Gasteiger partial charge in [-0.1, -0.05) is 13.0 Å². The second-order valence-electron chi connectivity index (χ2n) is 2.57. The molecular weight excluding hydrogens is 170 g/mol. The molecule has 0 radical (unpaired) electrons. The Bertz CT molecular complexity index is 367. The highest BCUT2D eigenvalue weighted by Crippen LogP contribution is 1.97. The number of H-pyrrole nitrogens is 1. The average Bonchev–Trinajstić information content (AvgIpc) is 2.16. The van der Waals surface area contributed by atoms with Gasteiger partial charge >= 0.3 is 5.97 Å². The van der Waals surface area contributed by atoms with Crippen molar-refractivity contribution >= 4 is 5.97 Å². The quantitative estimate of drug-likeness (QED) is 0.684. The van der Waals surface area contributed by atoms with Crippen LogP contribution in [-0.4, -0.2) is 18.1 Å². The Morgan fingerprint density at radius 3 is 2.69 bits per heavy atom. The van der Waals surface area contributed by atoms with Crippen LogP contribution in [0.25, 0.3) is 0 Å². The summed E-state index contributed by atoms with van der Waals surface area (Å²) in [6, 6.07) is 3.18. The summed E-state index contributed by atoms with van der Waals surface area (Å²) in [6.07, 6.45) is 0.650. The SMILES string of the molecule is CCc1ccc(C(=O)OC)[nH]c1=O. The molecule has 0 saturated heterocycles. The number of ether oxygens (including phenoxy) is 1. The summed E-state index contributed by atoms with van der Waals surface area (Å²) in [6.45, 7) is 1.88. The summed E-state index contributed by atoms with van der Waals surface area (Å²) in [7, 11) is 1.27. The Hall–Kier alpha value is -1.58. The van der Waals surface area contributed by atoms with Crippen LogP contribution in [0.15, 0.2) is 16.9 Å². The first kappa shape index (κ1) is 9.51. The van der Waals surface area contributed by atoms with Crippen molar-refractivity contribution in [3.63, 3.8) is 0 Å². The Balaban J connectivity index is 3.10. The predicted octanol–water partition coefficient (Wildman–Crippen LogP) is 0.724. The van der Waals surface area contributed by atoms with E-state index in [1.54, 1.807) is 12.1 Å². The van der Waals surface area contributed by atoms with Crippen LogP contribution in [0.3, 0.4) is 0 Å². The molecule has 1 N–H and O–H groups in total. The smallest absolute Gasteiger partial charge is 0.354 e. The van der Waals surface area contributed by atoms with Crippen LogP contribution in [0, 0.1) is 0 Å². The minimum atomic E-state index is -0.528. The summed E-state index contributed by atoms with van der Waals surface area (Å²) in [5.41, 5.74) is 0.614. The van der Waals surface area contributed by atoms with Crippen molar-refractivity contribution in [1.82, 2.24) is 4.98 Å². The lowest BCUT2D eigenvalue weighted by Gasteiger charge is -1.99. The minimum absolute atomic E-state index is 0.185. The van der Waals surface area contributed by atoms with Gasteiger partial charge in [-0.05, 0) is 12.5 Å². The van der Waals surface area contributed by atoms with Gasteiger partial charge in [0.15, 0.2) is 0 Å². The maximum atomic E-state index is 11.2. The number of carbonyl (C=O) groups is 1. The minimum Gasteiger partial charge on any atom is -0.464 e. The second kappa shape index (κ2) is 3.89. The second-order valence-corrected chi connectivity index (χ2v) is 2.57. The Morgan fingerprint density at radius 2 is 2.23 bits per heavy atom. The van der Waals surface area contributed by atoms with E-state index in [0.29, 0.717) is 12.0 Å². The third-order valence-electron chi connectivity index (χ3n) is 1.78. The summed E-state index contributed by atoms with van der Waals surface area (Å²) < 4.78 is 4.46. The molecule has 0 saturated carbocycles. The first-order valence-electron chi connectivity index (χ1n) is 3.99. The molecule has 0 aliphatic rings. The molecule has 1 rings (SSSR count). The van der Waals surface area contributed by atoms with Crippen molar-refractivity contribution < 1.29 is 9.53 Å². The molecule has 0 aromatic carbocycles. The number of nitrogens with one attached hydrogen (secondary N) is 1. The highest BCUT2D eigenvalue weighted by atomic mass is 16.5. The lowest BCUT2D eigenvalue weighted by atomic mass is 10.2. The maximum Gasteiger partial charge on any atom is 0.354 e. The molecule has 4 heteroatoms. The number of hydrogen-bond acceptors (Lipinski definition) is 3. The third-order valence-corrected chi connectivity index (χ3v) is 1.78. The summed E-state index contributed by atoms with van der Waals surface area (Å²) in [5.74, 6) is -0.528. The summed E-state index contributed by atoms with van der Waals surface area (Å²) >= 11 is 0. The number of pyridine rings is 1. The van der Waals surface area contributed by atoms with Crippen molar-refractivity contribution in [1.29, 1.82) is 0 Å². The standard InChI is InChI=1S/C9H11NO3/c1-3-6-4-5-7(9(12)13-2)10-8(6)11/h4-5H,3H2,1-2H3,(H,10,11). The van der Waals surface area contributed by atoms with E-state index < -0.39 is 5.97 Å². The molecule has 4 nitrogen and oxygen atoms in total. The first-order chi connectivity index (χ1) is 6.19. The summed E-state index contributed by atoms with van der Waals surface area (Å²) in [4.78, 5) is 24.6. The normalized spacial score (nSPS) is 9.69. The number of esters is 1. The van der Waals surface area contributed by atoms with Crippen LogP contribution in [0.4, 0.5) is 0 Å². The van der Waals surface area contributed by atoms with Gasteiger partial charge in [-0.2, -0.15) is 0 Å². The molecule has 0 unspecified atom stereocenters. The predicted molar refractivity (Wildman–Crippen MR) is 47.8 cm³/mol. The van der Waals surface area contributed by atoms with Gasteiger partial charge in [-0.25, -0.2) is 4.79 Å². The molecule has 0 fully saturated rings. The fourth-order valence-corrected chi connectivity index (χ4v) is 1.01. The van der Waals surface area contributed by atoms with Crippen LogP contribution in [0.1, 0.15) is 23.0 Å². The number of aryl methyl sites for hydroxylation is 1. The molecule has 0 bridgehead atoms. The zero-order valence-corrected chi connectivity index (χ0v) is 7.59. The van der Waals surface area contributed by atoms with Crippen molar-refractivity contribution in [2.45, 2.75) is 13.3 Å². The molecule has 0 atom stereocenters. The largest absolute Gasteiger partial charge is 0.464 e. The van der Waals surface area contributed by atoms with E-state index in [4.69, 9.17) is 0 Å². The van der Waals surface area contributed by atoms with Crippen LogP contribution in [-0.2, 0) is 11.2 Å². The summed E-state index contributed by atoms with van der Waals surface area (Å²) in [5, 5.41) is 0. The highest BCUT2D eigenvalue weighted by molar-refractivity contribution is 5.86. The highest BCUT2D eigenvalue weighted by Gasteiger charge is 2.06. The van der Waals surface area contributed by atoms with Crippen LogP contribution < -0.4 is 5.56 Å². The lowest BCUT2D eigenvalue weighted by molar-refractivity contribution is 0.0593. The zero-order valence-electron chi connectivity index (χ0n) is 7.59. The number of methoxy groups -OCH3 is 1. The van der Waals surface area contributed by atoms with Crippen molar-refractivity contribution in [3.8, 4) is 0 Å². The number of hydrogen-bond donors (Lipinski definition) is 1. The molecule has 70 valence electrons. The Kier molecular flexibility index (Phi) is 2.84. The zero-order chi connectivity index (χ0) is 9.84. The van der Waals surface area contributed by atoms with E-state index in [1.165, 1.54) is 7.11 Å². The van der Waals surface area contributed by atoms with E-state index in [2.05, 4.69) is 9.72 Å². The van der Waals surface area contributed by atoms with E-state index in [0.717, 1.165) is 0 Å². The molecule has 1 aromatic heterocycles. The number of aromatic amines is 1. The van der Waals surface area contributed by atoms with Crippen molar-refractivity contribution in [2.24, 2.45) is 0 Å². The maximum absolute atomic E-state index is 11.2. The molecule has 0 spiro atoms. The molecule has 1 aromatic rings. The molecule has 0 aliphatic carbocycles. The number of rotatable bonds is 2. The number of carbonyl (C=O) groups excluding carboxylic acids is 1. The van der Waals surface area contributed by atoms with Crippen LogP contribution in [0.5, 0.6) is 0 Å². The Morgan fingerprint density at radius 1 is 1.54 bits per heavy atom.